The smallest absolute Gasteiger partial charge is 0.251 e. The topological polar surface area (TPSA) is 74.8 Å². The van der Waals surface area contributed by atoms with Gasteiger partial charge in [-0.3, -0.25) is 9.59 Å². The third kappa shape index (κ3) is 4.69. The van der Waals surface area contributed by atoms with Gasteiger partial charge in [0.05, 0.1) is 5.25 Å². The number of benzene rings is 1. The fourth-order valence-electron chi connectivity index (χ4n) is 2.10. The highest BCUT2D eigenvalue weighted by molar-refractivity contribution is 8.00. The summed E-state index contributed by atoms with van der Waals surface area (Å²) in [5.74, 6) is -0.0867. The Hall–Kier alpha value is -2.08. The van der Waals surface area contributed by atoms with Gasteiger partial charge in [-0.25, -0.2) is 4.98 Å². The number of nitrogens with one attached hydrogen (secondary N) is 2. The summed E-state index contributed by atoms with van der Waals surface area (Å²) in [7, 11) is 0. The first-order chi connectivity index (χ1) is 11.0. The Bertz CT molecular complexity index is 743. The van der Waals surface area contributed by atoms with Crippen LogP contribution in [0.5, 0.6) is 0 Å². The van der Waals surface area contributed by atoms with Crippen molar-refractivity contribution in [3.8, 4) is 0 Å². The van der Waals surface area contributed by atoms with Crippen molar-refractivity contribution in [3.63, 3.8) is 0 Å². The molecule has 2 rings (SSSR count). The van der Waals surface area contributed by atoms with Crippen molar-refractivity contribution in [3.05, 3.63) is 51.9 Å². The number of H-pyrrole nitrogens is 1. The summed E-state index contributed by atoms with van der Waals surface area (Å²) in [5, 5.41) is 3.12. The van der Waals surface area contributed by atoms with Crippen molar-refractivity contribution in [2.24, 2.45) is 0 Å². The third-order valence-corrected chi connectivity index (χ3v) is 4.70. The highest BCUT2D eigenvalue weighted by Gasteiger charge is 2.20. The molecule has 2 N–H and O–H groups in total. The maximum Gasteiger partial charge on any atom is 0.251 e. The Balaban J connectivity index is 2.13. The van der Waals surface area contributed by atoms with Gasteiger partial charge in [-0.15, -0.1) is 0 Å². The zero-order valence-electron chi connectivity index (χ0n) is 13.6. The highest BCUT2D eigenvalue weighted by atomic mass is 32.2. The van der Waals surface area contributed by atoms with Gasteiger partial charge in [0.15, 0.2) is 5.16 Å². The van der Waals surface area contributed by atoms with Crippen LogP contribution in [-0.4, -0.2) is 21.1 Å². The Morgan fingerprint density at radius 3 is 2.74 bits per heavy atom. The molecule has 0 fully saturated rings. The Morgan fingerprint density at radius 1 is 1.35 bits per heavy atom. The van der Waals surface area contributed by atoms with E-state index in [2.05, 4.69) is 15.3 Å². The lowest BCUT2D eigenvalue weighted by atomic mass is 10.2. The summed E-state index contributed by atoms with van der Waals surface area (Å²) < 4.78 is 0. The van der Waals surface area contributed by atoms with Crippen LogP contribution in [0.15, 0.2) is 40.3 Å². The molecule has 122 valence electrons. The van der Waals surface area contributed by atoms with Gasteiger partial charge in [0.25, 0.3) is 5.56 Å². The van der Waals surface area contributed by atoms with E-state index in [0.29, 0.717) is 18.0 Å². The zero-order valence-corrected chi connectivity index (χ0v) is 14.4. The predicted octanol–water partition coefficient (Wildman–Crippen LogP) is 3.15. The fraction of sp³-hybridized carbons (Fsp3) is 0.353. The molecule has 0 spiro atoms. The minimum Gasteiger partial charge on any atom is -0.325 e. The second-order valence-electron chi connectivity index (χ2n) is 5.21. The molecular formula is C17H21N3O2S. The predicted molar refractivity (Wildman–Crippen MR) is 94.0 cm³/mol. The molecule has 0 radical (unpaired) electrons. The summed E-state index contributed by atoms with van der Waals surface area (Å²) in [6.45, 7) is 5.84. The van der Waals surface area contributed by atoms with Crippen molar-refractivity contribution in [2.45, 2.75) is 44.0 Å². The number of amides is 1. The van der Waals surface area contributed by atoms with Crippen LogP contribution in [-0.2, 0) is 11.2 Å². The normalized spacial score (nSPS) is 12.0. The first kappa shape index (κ1) is 17.3. The lowest BCUT2D eigenvalue weighted by Gasteiger charge is -2.15. The molecule has 5 nitrogen and oxygen atoms in total. The molecule has 1 aromatic carbocycles. The van der Waals surface area contributed by atoms with E-state index in [0.717, 1.165) is 16.9 Å². The summed E-state index contributed by atoms with van der Waals surface area (Å²) in [5.41, 5.74) is 2.36. The standard InChI is InChI=1S/C17H21N3O2S/c1-4-12-10-15(21)20-17(18-12)23-14(5-2)16(22)19-13-9-7-6-8-11(13)3/h6-10,14H,4-5H2,1-3H3,(H,19,22)(H,18,20,21). The first-order valence-electron chi connectivity index (χ1n) is 7.66. The quantitative estimate of drug-likeness (QED) is 0.630. The van der Waals surface area contributed by atoms with Crippen molar-refractivity contribution in [1.82, 2.24) is 9.97 Å². The van der Waals surface area contributed by atoms with E-state index in [1.807, 2.05) is 45.0 Å². The second-order valence-corrected chi connectivity index (χ2v) is 6.41. The molecule has 1 amide bonds. The van der Waals surface area contributed by atoms with Crippen LogP contribution in [0.25, 0.3) is 0 Å². The summed E-state index contributed by atoms with van der Waals surface area (Å²) in [4.78, 5) is 31.2. The van der Waals surface area contributed by atoms with E-state index in [9.17, 15) is 9.59 Å². The van der Waals surface area contributed by atoms with E-state index in [1.54, 1.807) is 0 Å². The first-order valence-corrected chi connectivity index (χ1v) is 8.54. The molecule has 0 saturated carbocycles. The zero-order chi connectivity index (χ0) is 16.8. The van der Waals surface area contributed by atoms with E-state index >= 15 is 0 Å². The summed E-state index contributed by atoms with van der Waals surface area (Å²) in [6.07, 6.45) is 1.33. The molecule has 1 aromatic heterocycles. The van der Waals surface area contributed by atoms with Gasteiger partial charge in [0.2, 0.25) is 5.91 Å². The number of hydrogen-bond donors (Lipinski definition) is 2. The van der Waals surface area contributed by atoms with Crippen LogP contribution in [0.3, 0.4) is 0 Å². The molecular weight excluding hydrogens is 310 g/mol. The van der Waals surface area contributed by atoms with Crippen molar-refractivity contribution < 1.29 is 4.79 Å². The van der Waals surface area contributed by atoms with Gasteiger partial charge in [-0.2, -0.15) is 0 Å². The van der Waals surface area contributed by atoms with Gasteiger partial charge in [0.1, 0.15) is 0 Å². The number of nitrogens with zero attached hydrogens (tertiary/aromatic N) is 1. The number of rotatable bonds is 6. The van der Waals surface area contributed by atoms with Crippen molar-refractivity contribution in [1.29, 1.82) is 0 Å². The molecule has 1 heterocycles. The van der Waals surface area contributed by atoms with Crippen LogP contribution in [0, 0.1) is 6.92 Å². The van der Waals surface area contributed by atoms with Gasteiger partial charge < -0.3 is 10.3 Å². The number of aromatic amines is 1. The average molecular weight is 331 g/mol. The van der Waals surface area contributed by atoms with Gasteiger partial charge in [0, 0.05) is 17.4 Å². The van der Waals surface area contributed by atoms with Crippen LogP contribution >= 0.6 is 11.8 Å². The largest absolute Gasteiger partial charge is 0.325 e. The number of aromatic nitrogens is 2. The summed E-state index contributed by atoms with van der Waals surface area (Å²) >= 11 is 1.29. The van der Waals surface area contributed by atoms with Crippen LogP contribution in [0.1, 0.15) is 31.5 Å². The molecule has 0 saturated heterocycles. The number of hydrogen-bond acceptors (Lipinski definition) is 4. The lowest BCUT2D eigenvalue weighted by molar-refractivity contribution is -0.115. The number of carbonyl (C=O) groups is 1. The van der Waals surface area contributed by atoms with Gasteiger partial charge in [-0.1, -0.05) is 43.8 Å². The number of anilines is 1. The van der Waals surface area contributed by atoms with Crippen LogP contribution < -0.4 is 10.9 Å². The SMILES string of the molecule is CCc1cc(=O)[nH]c(SC(CC)C(=O)Nc2ccccc2C)n1. The van der Waals surface area contributed by atoms with E-state index in [4.69, 9.17) is 0 Å². The maximum atomic E-state index is 12.5. The van der Waals surface area contributed by atoms with Gasteiger partial charge >= 0.3 is 0 Å². The Labute approximate surface area is 139 Å². The minimum absolute atomic E-state index is 0.0867. The average Bonchev–Trinajstić information content (AvgIpc) is 2.54. The second kappa shape index (κ2) is 7.97. The van der Waals surface area contributed by atoms with Crippen molar-refractivity contribution >= 4 is 23.4 Å². The molecule has 0 aliphatic heterocycles. The highest BCUT2D eigenvalue weighted by Crippen LogP contribution is 2.23. The Kier molecular flexibility index (Phi) is 5.98. The Morgan fingerprint density at radius 2 is 2.09 bits per heavy atom. The maximum absolute atomic E-state index is 12.5. The minimum atomic E-state index is -0.315. The third-order valence-electron chi connectivity index (χ3n) is 3.46. The molecule has 0 bridgehead atoms. The van der Waals surface area contributed by atoms with Crippen molar-refractivity contribution in [2.75, 3.05) is 5.32 Å². The number of carbonyl (C=O) groups excluding carboxylic acids is 1. The monoisotopic (exact) mass is 331 g/mol. The molecule has 1 unspecified atom stereocenters. The van der Waals surface area contributed by atoms with E-state index < -0.39 is 0 Å². The number of aryl methyl sites for hydroxylation is 2. The molecule has 0 aliphatic rings. The number of thioether (sulfide) groups is 1. The number of para-hydroxylation sites is 1. The van der Waals surface area contributed by atoms with Crippen LogP contribution in [0.2, 0.25) is 0 Å². The van der Waals surface area contributed by atoms with Crippen LogP contribution in [0.4, 0.5) is 5.69 Å². The van der Waals surface area contributed by atoms with E-state index in [-0.39, 0.29) is 16.7 Å². The molecule has 0 aliphatic carbocycles. The molecule has 6 heteroatoms. The molecule has 2 aromatic rings. The molecule has 23 heavy (non-hydrogen) atoms. The molecule has 1 atom stereocenters. The van der Waals surface area contributed by atoms with E-state index in [1.165, 1.54) is 17.8 Å². The van der Waals surface area contributed by atoms with Gasteiger partial charge in [-0.05, 0) is 31.4 Å². The fourth-order valence-corrected chi connectivity index (χ4v) is 3.04. The lowest BCUT2D eigenvalue weighted by Crippen LogP contribution is -2.25. The summed E-state index contributed by atoms with van der Waals surface area (Å²) in [6, 6.07) is 9.14.